The fraction of sp³-hybridized carbons (Fsp3) is 0.423. The van der Waals surface area contributed by atoms with Gasteiger partial charge in [0.25, 0.3) is 5.91 Å². The zero-order valence-electron chi connectivity index (χ0n) is 19.8. The van der Waals surface area contributed by atoms with Crippen LogP contribution in [-0.2, 0) is 10.4 Å². The Balaban J connectivity index is 1.78. The SMILES string of the molecule is CC(C)[C@@H](NC(=O)c1cccc(C(=O)O)c1)C(=O)N1CC[C@](O)(c2ccc(F)cc2)C(C)(C)C1. The maximum absolute atomic E-state index is 13.4. The second-order valence-electron chi connectivity index (χ2n) is 9.84. The highest BCUT2D eigenvalue weighted by molar-refractivity contribution is 5.99. The molecule has 34 heavy (non-hydrogen) atoms. The molecule has 2 aromatic rings. The Hall–Kier alpha value is -3.26. The van der Waals surface area contributed by atoms with Gasteiger partial charge in [-0.2, -0.15) is 0 Å². The van der Waals surface area contributed by atoms with E-state index in [0.29, 0.717) is 5.56 Å². The minimum atomic E-state index is -1.24. The molecule has 3 rings (SSSR count). The van der Waals surface area contributed by atoms with Gasteiger partial charge in [0.15, 0.2) is 0 Å². The molecule has 2 amide bonds. The number of carboxylic acid groups (broad SMARTS) is 1. The summed E-state index contributed by atoms with van der Waals surface area (Å²) in [6.07, 6.45) is 0.261. The third-order valence-corrected chi connectivity index (χ3v) is 6.67. The molecular formula is C26H31FN2O5. The Morgan fingerprint density at radius 1 is 1.06 bits per heavy atom. The molecule has 0 aliphatic carbocycles. The molecule has 0 bridgehead atoms. The molecule has 0 aromatic heterocycles. The third kappa shape index (κ3) is 4.97. The monoisotopic (exact) mass is 470 g/mol. The summed E-state index contributed by atoms with van der Waals surface area (Å²) >= 11 is 0. The van der Waals surface area contributed by atoms with Gasteiger partial charge in [-0.25, -0.2) is 9.18 Å². The summed E-state index contributed by atoms with van der Waals surface area (Å²) in [7, 11) is 0. The number of hydrogen-bond donors (Lipinski definition) is 3. The zero-order valence-corrected chi connectivity index (χ0v) is 19.8. The van der Waals surface area contributed by atoms with Crippen LogP contribution >= 0.6 is 0 Å². The van der Waals surface area contributed by atoms with Crippen LogP contribution < -0.4 is 5.32 Å². The van der Waals surface area contributed by atoms with Gasteiger partial charge in [0.05, 0.1) is 11.2 Å². The Bertz CT molecular complexity index is 1080. The lowest BCUT2D eigenvalue weighted by Crippen LogP contribution is -2.60. The van der Waals surface area contributed by atoms with E-state index in [9.17, 15) is 29.0 Å². The number of rotatable bonds is 6. The van der Waals surface area contributed by atoms with E-state index in [1.54, 1.807) is 17.0 Å². The van der Waals surface area contributed by atoms with Gasteiger partial charge < -0.3 is 20.4 Å². The van der Waals surface area contributed by atoms with Crippen molar-refractivity contribution in [1.29, 1.82) is 0 Å². The summed E-state index contributed by atoms with van der Waals surface area (Å²) in [5.74, 6) is -2.56. The molecule has 1 aliphatic heterocycles. The summed E-state index contributed by atoms with van der Waals surface area (Å²) < 4.78 is 13.4. The molecule has 7 nitrogen and oxygen atoms in total. The van der Waals surface area contributed by atoms with Crippen molar-refractivity contribution in [3.05, 3.63) is 71.0 Å². The number of benzene rings is 2. The van der Waals surface area contributed by atoms with E-state index in [1.807, 2.05) is 27.7 Å². The lowest BCUT2D eigenvalue weighted by Gasteiger charge is -2.51. The number of halogens is 1. The first-order valence-electron chi connectivity index (χ1n) is 11.3. The van der Waals surface area contributed by atoms with Crippen LogP contribution in [0.5, 0.6) is 0 Å². The number of carboxylic acids is 1. The highest BCUT2D eigenvalue weighted by Crippen LogP contribution is 2.46. The number of hydrogen-bond acceptors (Lipinski definition) is 4. The largest absolute Gasteiger partial charge is 0.478 e. The molecule has 1 heterocycles. The van der Waals surface area contributed by atoms with Gasteiger partial charge in [-0.3, -0.25) is 9.59 Å². The second-order valence-corrected chi connectivity index (χ2v) is 9.84. The normalized spacial score (nSPS) is 20.6. The number of aromatic carboxylic acids is 1. The third-order valence-electron chi connectivity index (χ3n) is 6.67. The molecule has 8 heteroatoms. The van der Waals surface area contributed by atoms with Crippen molar-refractivity contribution < 1.29 is 29.0 Å². The van der Waals surface area contributed by atoms with Gasteiger partial charge in [-0.15, -0.1) is 0 Å². The molecule has 1 aliphatic rings. The van der Waals surface area contributed by atoms with Crippen molar-refractivity contribution in [2.45, 2.75) is 45.8 Å². The maximum Gasteiger partial charge on any atom is 0.335 e. The van der Waals surface area contributed by atoms with Crippen LogP contribution in [0, 0.1) is 17.2 Å². The number of nitrogens with zero attached hydrogens (tertiary/aromatic N) is 1. The average Bonchev–Trinajstić information content (AvgIpc) is 2.78. The van der Waals surface area contributed by atoms with Gasteiger partial charge in [0.2, 0.25) is 5.91 Å². The standard InChI is InChI=1S/C26H31FN2O5/c1-16(2)21(28-22(30)17-6-5-7-18(14-17)24(32)33)23(31)29-13-12-26(34,25(3,4)15-29)19-8-10-20(27)11-9-19/h5-11,14,16,21,34H,12-13,15H2,1-4H3,(H,28,30)(H,32,33)/t21-,26+/m1/s1. The van der Waals surface area contributed by atoms with Crippen molar-refractivity contribution in [3.8, 4) is 0 Å². The lowest BCUT2D eigenvalue weighted by atomic mass is 9.66. The van der Waals surface area contributed by atoms with Crippen LogP contribution in [0.3, 0.4) is 0 Å². The van der Waals surface area contributed by atoms with Crippen LogP contribution in [-0.4, -0.2) is 52.0 Å². The Morgan fingerprint density at radius 2 is 1.68 bits per heavy atom. The van der Waals surface area contributed by atoms with Crippen molar-refractivity contribution in [2.75, 3.05) is 13.1 Å². The molecule has 0 unspecified atom stereocenters. The Kier molecular flexibility index (Phi) is 7.12. The summed E-state index contributed by atoms with van der Waals surface area (Å²) in [5, 5.41) is 23.4. The molecule has 0 radical (unpaired) electrons. The lowest BCUT2D eigenvalue weighted by molar-refractivity contribution is -0.155. The van der Waals surface area contributed by atoms with Crippen LogP contribution in [0.2, 0.25) is 0 Å². The first-order chi connectivity index (χ1) is 15.9. The molecule has 0 spiro atoms. The van der Waals surface area contributed by atoms with Crippen molar-refractivity contribution >= 4 is 17.8 Å². The number of amides is 2. The molecule has 0 saturated carbocycles. The highest BCUT2D eigenvalue weighted by atomic mass is 19.1. The number of nitrogens with one attached hydrogen (secondary N) is 1. The number of likely N-dealkylation sites (tertiary alicyclic amines) is 1. The Morgan fingerprint density at radius 3 is 2.24 bits per heavy atom. The van der Waals surface area contributed by atoms with Crippen LogP contribution in [0.15, 0.2) is 48.5 Å². The molecule has 1 fully saturated rings. The van der Waals surface area contributed by atoms with E-state index in [1.165, 1.54) is 36.4 Å². The summed E-state index contributed by atoms with van der Waals surface area (Å²) in [6.45, 7) is 7.87. The molecule has 182 valence electrons. The smallest absolute Gasteiger partial charge is 0.335 e. The minimum absolute atomic E-state index is 0.0158. The number of carbonyl (C=O) groups is 3. The molecule has 1 saturated heterocycles. The van der Waals surface area contributed by atoms with Crippen LogP contribution in [0.1, 0.15) is 60.4 Å². The highest BCUT2D eigenvalue weighted by Gasteiger charge is 2.50. The predicted molar refractivity (Wildman–Crippen MR) is 125 cm³/mol. The van der Waals surface area contributed by atoms with E-state index in [2.05, 4.69) is 5.32 Å². The molecule has 3 N–H and O–H groups in total. The number of aliphatic hydroxyl groups is 1. The molecule has 2 atom stereocenters. The second kappa shape index (κ2) is 9.54. The fourth-order valence-corrected chi connectivity index (χ4v) is 4.50. The first kappa shape index (κ1) is 25.4. The Labute approximate surface area is 198 Å². The number of piperidine rings is 1. The number of carbonyl (C=O) groups excluding carboxylic acids is 2. The van der Waals surface area contributed by atoms with Crippen molar-refractivity contribution in [3.63, 3.8) is 0 Å². The van der Waals surface area contributed by atoms with E-state index in [-0.39, 0.29) is 48.3 Å². The first-order valence-corrected chi connectivity index (χ1v) is 11.3. The van der Waals surface area contributed by atoms with E-state index in [0.717, 1.165) is 0 Å². The van der Waals surface area contributed by atoms with E-state index >= 15 is 0 Å². The quantitative estimate of drug-likeness (QED) is 0.600. The topological polar surface area (TPSA) is 107 Å². The zero-order chi connectivity index (χ0) is 25.3. The van der Waals surface area contributed by atoms with E-state index < -0.39 is 28.9 Å². The van der Waals surface area contributed by atoms with Crippen LogP contribution in [0.25, 0.3) is 0 Å². The summed E-state index contributed by atoms with van der Waals surface area (Å²) in [5.41, 5.74) is -1.25. The van der Waals surface area contributed by atoms with Gasteiger partial charge in [0, 0.05) is 24.1 Å². The average molecular weight is 471 g/mol. The minimum Gasteiger partial charge on any atom is -0.478 e. The van der Waals surface area contributed by atoms with Crippen molar-refractivity contribution in [1.82, 2.24) is 10.2 Å². The molecular weight excluding hydrogens is 439 g/mol. The maximum atomic E-state index is 13.4. The van der Waals surface area contributed by atoms with Gasteiger partial charge >= 0.3 is 5.97 Å². The van der Waals surface area contributed by atoms with Gasteiger partial charge in [-0.05, 0) is 48.2 Å². The summed E-state index contributed by atoms with van der Waals surface area (Å²) in [6, 6.07) is 10.6. The summed E-state index contributed by atoms with van der Waals surface area (Å²) in [4.78, 5) is 39.1. The predicted octanol–water partition coefficient (Wildman–Crippen LogP) is 3.42. The fourth-order valence-electron chi connectivity index (χ4n) is 4.50. The van der Waals surface area contributed by atoms with Crippen molar-refractivity contribution in [2.24, 2.45) is 11.3 Å². The molecule has 2 aromatic carbocycles. The van der Waals surface area contributed by atoms with Crippen LogP contribution in [0.4, 0.5) is 4.39 Å². The van der Waals surface area contributed by atoms with Gasteiger partial charge in [-0.1, -0.05) is 45.9 Å². The van der Waals surface area contributed by atoms with E-state index in [4.69, 9.17) is 0 Å². The van der Waals surface area contributed by atoms with Gasteiger partial charge in [0.1, 0.15) is 11.9 Å².